The molecule has 0 bridgehead atoms. The lowest BCUT2D eigenvalue weighted by molar-refractivity contribution is 0.114. The van der Waals surface area contributed by atoms with Crippen LogP contribution in [0.3, 0.4) is 0 Å². The Morgan fingerprint density at radius 2 is 1.97 bits per heavy atom. The van der Waals surface area contributed by atoms with Crippen LogP contribution in [-0.4, -0.2) is 46.7 Å². The van der Waals surface area contributed by atoms with Crippen LogP contribution in [0, 0.1) is 5.92 Å². The van der Waals surface area contributed by atoms with E-state index in [1.54, 1.807) is 12.1 Å². The molecule has 172 valence electrons. The van der Waals surface area contributed by atoms with E-state index in [1.807, 2.05) is 19.1 Å². The summed E-state index contributed by atoms with van der Waals surface area (Å²) in [5.74, 6) is 1.48. The number of hydrogen-bond acceptors (Lipinski definition) is 4. The second-order valence-corrected chi connectivity index (χ2v) is 9.56. The van der Waals surface area contributed by atoms with E-state index in [9.17, 15) is 8.42 Å². The minimum Gasteiger partial charge on any atom is -0.377 e. The number of rotatable bonds is 11. The van der Waals surface area contributed by atoms with Crippen molar-refractivity contribution in [2.24, 2.45) is 10.9 Å². The molecule has 0 spiro atoms. The third kappa shape index (κ3) is 9.93. The molecule has 0 saturated carbocycles. The normalized spacial score (nSPS) is 17.1. The number of hydrogen-bond donors (Lipinski definition) is 3. The first kappa shape index (κ1) is 27.1. The molecule has 2 rings (SSSR count). The fourth-order valence-corrected chi connectivity index (χ4v) is 4.16. The first-order chi connectivity index (χ1) is 13.9. The number of ether oxygens (including phenoxy) is 1. The van der Waals surface area contributed by atoms with Gasteiger partial charge in [0.05, 0.1) is 17.5 Å². The largest absolute Gasteiger partial charge is 0.377 e. The summed E-state index contributed by atoms with van der Waals surface area (Å²) in [6, 6.07) is 6.89. The van der Waals surface area contributed by atoms with Crippen molar-refractivity contribution in [3.8, 4) is 0 Å². The highest BCUT2D eigenvalue weighted by Crippen LogP contribution is 2.14. The second kappa shape index (κ2) is 14.2. The average molecular weight is 553 g/mol. The van der Waals surface area contributed by atoms with Gasteiger partial charge >= 0.3 is 0 Å². The first-order valence-electron chi connectivity index (χ1n) is 10.6. The maximum atomic E-state index is 12.4. The van der Waals surface area contributed by atoms with Crippen LogP contribution in [0.2, 0.25) is 0 Å². The zero-order chi connectivity index (χ0) is 21.1. The molecule has 1 heterocycles. The summed E-state index contributed by atoms with van der Waals surface area (Å²) in [4.78, 5) is 4.86. The third-order valence-electron chi connectivity index (χ3n) is 4.77. The number of nitrogens with one attached hydrogen (secondary N) is 3. The SMILES string of the molecule is CCNC(=NCc1ccc(S(=O)(=O)NCC2CCCO2)cc1)NCCCC(C)C.I. The minimum atomic E-state index is -3.52. The number of nitrogens with zero attached hydrogens (tertiary/aromatic N) is 1. The molecule has 1 saturated heterocycles. The van der Waals surface area contributed by atoms with Gasteiger partial charge in [-0.1, -0.05) is 26.0 Å². The number of aliphatic imine (C=N–C) groups is 1. The van der Waals surface area contributed by atoms with Crippen LogP contribution in [0.25, 0.3) is 0 Å². The topological polar surface area (TPSA) is 91.8 Å². The highest BCUT2D eigenvalue weighted by Gasteiger charge is 2.20. The highest BCUT2D eigenvalue weighted by molar-refractivity contribution is 14.0. The summed E-state index contributed by atoms with van der Waals surface area (Å²) in [5, 5.41) is 6.59. The van der Waals surface area contributed by atoms with E-state index in [1.165, 1.54) is 6.42 Å². The van der Waals surface area contributed by atoms with Crippen molar-refractivity contribution in [3.05, 3.63) is 29.8 Å². The van der Waals surface area contributed by atoms with E-state index in [0.717, 1.165) is 43.9 Å². The summed E-state index contributed by atoms with van der Waals surface area (Å²) >= 11 is 0. The van der Waals surface area contributed by atoms with Gasteiger partial charge in [-0.25, -0.2) is 18.1 Å². The lowest BCUT2D eigenvalue weighted by atomic mass is 10.1. The van der Waals surface area contributed by atoms with Crippen molar-refractivity contribution < 1.29 is 13.2 Å². The van der Waals surface area contributed by atoms with E-state index in [4.69, 9.17) is 4.74 Å². The first-order valence-corrected chi connectivity index (χ1v) is 12.1. The Labute approximate surface area is 198 Å². The lowest BCUT2D eigenvalue weighted by Crippen LogP contribution is -2.37. The molecule has 1 unspecified atom stereocenters. The van der Waals surface area contributed by atoms with Crippen molar-refractivity contribution in [2.75, 3.05) is 26.2 Å². The summed E-state index contributed by atoms with van der Waals surface area (Å²) in [5.41, 5.74) is 0.961. The Hall–Kier alpha value is -0.910. The molecule has 1 aliphatic rings. The molecule has 30 heavy (non-hydrogen) atoms. The van der Waals surface area contributed by atoms with Gasteiger partial charge in [0.1, 0.15) is 0 Å². The monoisotopic (exact) mass is 552 g/mol. The number of benzene rings is 1. The van der Waals surface area contributed by atoms with Gasteiger partial charge in [0, 0.05) is 26.2 Å². The quantitative estimate of drug-likeness (QED) is 0.170. The van der Waals surface area contributed by atoms with Crippen molar-refractivity contribution in [2.45, 2.75) is 64.0 Å². The molecule has 1 fully saturated rings. The van der Waals surface area contributed by atoms with Gasteiger partial charge in [0.15, 0.2) is 5.96 Å². The van der Waals surface area contributed by atoms with Crippen LogP contribution < -0.4 is 15.4 Å². The van der Waals surface area contributed by atoms with Crippen LogP contribution in [0.4, 0.5) is 0 Å². The fourth-order valence-electron chi connectivity index (χ4n) is 3.09. The zero-order valence-electron chi connectivity index (χ0n) is 18.3. The highest BCUT2D eigenvalue weighted by atomic mass is 127. The Morgan fingerprint density at radius 3 is 2.57 bits per heavy atom. The number of halogens is 1. The van der Waals surface area contributed by atoms with E-state index in [0.29, 0.717) is 25.6 Å². The van der Waals surface area contributed by atoms with Crippen LogP contribution in [0.15, 0.2) is 34.2 Å². The molecule has 0 radical (unpaired) electrons. The van der Waals surface area contributed by atoms with E-state index >= 15 is 0 Å². The minimum absolute atomic E-state index is 0. The van der Waals surface area contributed by atoms with Crippen molar-refractivity contribution in [1.29, 1.82) is 0 Å². The van der Waals surface area contributed by atoms with Gasteiger partial charge in [-0.2, -0.15) is 0 Å². The van der Waals surface area contributed by atoms with Crippen molar-refractivity contribution >= 4 is 40.0 Å². The summed E-state index contributed by atoms with van der Waals surface area (Å²) in [6.07, 6.45) is 4.16. The van der Waals surface area contributed by atoms with Gasteiger partial charge in [-0.05, 0) is 56.2 Å². The Bertz CT molecular complexity index is 733. The fraction of sp³-hybridized carbons (Fsp3) is 0.667. The van der Waals surface area contributed by atoms with Crippen LogP contribution in [0.5, 0.6) is 0 Å². The number of sulfonamides is 1. The van der Waals surface area contributed by atoms with Gasteiger partial charge in [-0.3, -0.25) is 0 Å². The molecule has 7 nitrogen and oxygen atoms in total. The predicted molar refractivity (Wildman–Crippen MR) is 133 cm³/mol. The summed E-state index contributed by atoms with van der Waals surface area (Å²) < 4.78 is 33.0. The number of guanidine groups is 1. The molecule has 1 aromatic carbocycles. The maximum Gasteiger partial charge on any atom is 0.240 e. The van der Waals surface area contributed by atoms with Crippen LogP contribution in [0.1, 0.15) is 52.0 Å². The predicted octanol–water partition coefficient (Wildman–Crippen LogP) is 3.25. The van der Waals surface area contributed by atoms with Gasteiger partial charge in [-0.15, -0.1) is 24.0 Å². The second-order valence-electron chi connectivity index (χ2n) is 7.79. The molecule has 0 amide bonds. The maximum absolute atomic E-state index is 12.4. The van der Waals surface area contributed by atoms with Crippen LogP contribution >= 0.6 is 24.0 Å². The molecule has 9 heteroatoms. The molecule has 1 aromatic rings. The van der Waals surface area contributed by atoms with Crippen molar-refractivity contribution in [3.63, 3.8) is 0 Å². The standard InChI is InChI=1S/C21H36N4O3S.HI/c1-4-22-21(23-13-5-7-17(2)3)24-15-18-9-11-20(12-10-18)29(26,27)25-16-19-8-6-14-28-19;/h9-12,17,19,25H,4-8,13-16H2,1-3H3,(H2,22,23,24);1H. The summed E-state index contributed by atoms with van der Waals surface area (Å²) in [6.45, 7) is 9.69. The molecule has 0 aliphatic carbocycles. The lowest BCUT2D eigenvalue weighted by Gasteiger charge is -2.12. The smallest absolute Gasteiger partial charge is 0.240 e. The molecule has 1 aliphatic heterocycles. The van der Waals surface area contributed by atoms with Crippen LogP contribution in [-0.2, 0) is 21.3 Å². The molecule has 1 atom stereocenters. The molecular formula is C21H37IN4O3S. The molecule has 0 aromatic heterocycles. The Morgan fingerprint density at radius 1 is 1.23 bits per heavy atom. The average Bonchev–Trinajstić information content (AvgIpc) is 3.22. The Balaban J connectivity index is 0.00000450. The van der Waals surface area contributed by atoms with Gasteiger partial charge in [0.2, 0.25) is 10.0 Å². The van der Waals surface area contributed by atoms with Crippen molar-refractivity contribution in [1.82, 2.24) is 15.4 Å². The zero-order valence-corrected chi connectivity index (χ0v) is 21.5. The molecule has 3 N–H and O–H groups in total. The molecular weight excluding hydrogens is 515 g/mol. The Kier molecular flexibility index (Phi) is 12.8. The van der Waals surface area contributed by atoms with E-state index in [-0.39, 0.29) is 35.0 Å². The van der Waals surface area contributed by atoms with E-state index in [2.05, 4.69) is 34.2 Å². The van der Waals surface area contributed by atoms with Gasteiger partial charge in [0.25, 0.3) is 0 Å². The van der Waals surface area contributed by atoms with E-state index < -0.39 is 10.0 Å². The third-order valence-corrected chi connectivity index (χ3v) is 6.21. The van der Waals surface area contributed by atoms with Gasteiger partial charge < -0.3 is 15.4 Å². The summed E-state index contributed by atoms with van der Waals surface area (Å²) in [7, 11) is -3.52.